The minimum Gasteiger partial charge on any atom is -0.368 e. The van der Waals surface area contributed by atoms with Gasteiger partial charge in [-0.05, 0) is 30.2 Å². The summed E-state index contributed by atoms with van der Waals surface area (Å²) in [5.74, 6) is 0.566. The van der Waals surface area contributed by atoms with Gasteiger partial charge in [-0.1, -0.05) is 18.2 Å². The molecule has 0 bridgehead atoms. The number of aromatic nitrogens is 5. The molecule has 1 aliphatic heterocycles. The number of hydrogen-bond donors (Lipinski definition) is 0. The molecule has 6 heteroatoms. The molecule has 0 atom stereocenters. The van der Waals surface area contributed by atoms with Crippen LogP contribution in [0, 0.1) is 6.92 Å². The summed E-state index contributed by atoms with van der Waals surface area (Å²) >= 11 is 0. The van der Waals surface area contributed by atoms with Crippen LogP contribution in [0.25, 0.3) is 27.7 Å². The van der Waals surface area contributed by atoms with Gasteiger partial charge in [0.1, 0.15) is 7.05 Å². The Balaban J connectivity index is 1.32. The lowest BCUT2D eigenvalue weighted by molar-refractivity contribution is -0.671. The zero-order valence-electron chi connectivity index (χ0n) is 17.6. The second-order valence-electron chi connectivity index (χ2n) is 8.37. The van der Waals surface area contributed by atoms with Crippen LogP contribution in [0.4, 0.5) is 5.69 Å². The fraction of sp³-hybridized carbons (Fsp3) is 0.200. The number of rotatable bonds is 3. The van der Waals surface area contributed by atoms with E-state index in [1.54, 1.807) is 0 Å². The maximum absolute atomic E-state index is 4.80. The molecular formula is C25H23N6+. The second kappa shape index (κ2) is 6.87. The Bertz CT molecular complexity index is 1410. The van der Waals surface area contributed by atoms with E-state index in [1.165, 1.54) is 5.56 Å². The Morgan fingerprint density at radius 1 is 1.00 bits per heavy atom. The highest BCUT2D eigenvalue weighted by Gasteiger charge is 2.29. The normalized spacial score (nSPS) is 14.3. The average Bonchev–Trinajstić information content (AvgIpc) is 3.16. The lowest BCUT2D eigenvalue weighted by Crippen LogP contribution is -2.45. The van der Waals surface area contributed by atoms with Crippen molar-refractivity contribution in [3.05, 3.63) is 84.7 Å². The number of benzene rings is 1. The van der Waals surface area contributed by atoms with Crippen LogP contribution < -0.4 is 9.47 Å². The zero-order chi connectivity index (χ0) is 20.9. The average molecular weight is 408 g/mol. The van der Waals surface area contributed by atoms with E-state index in [-0.39, 0.29) is 0 Å². The van der Waals surface area contributed by atoms with Gasteiger partial charge in [0.15, 0.2) is 18.0 Å². The van der Waals surface area contributed by atoms with E-state index < -0.39 is 0 Å². The summed E-state index contributed by atoms with van der Waals surface area (Å²) in [6, 6.07) is 14.8. The molecule has 0 unspecified atom stereocenters. The molecule has 152 valence electrons. The highest BCUT2D eigenvalue weighted by Crippen LogP contribution is 2.33. The Kier molecular flexibility index (Phi) is 3.99. The number of hydrogen-bond acceptors (Lipinski definition) is 4. The van der Waals surface area contributed by atoms with Crippen LogP contribution in [0.2, 0.25) is 0 Å². The fourth-order valence-electron chi connectivity index (χ4n) is 4.43. The summed E-state index contributed by atoms with van der Waals surface area (Å²) in [6.45, 7) is 4.03. The highest BCUT2D eigenvalue weighted by atomic mass is 15.3. The van der Waals surface area contributed by atoms with Crippen LogP contribution >= 0.6 is 0 Å². The predicted molar refractivity (Wildman–Crippen MR) is 121 cm³/mol. The molecule has 1 fully saturated rings. The van der Waals surface area contributed by atoms with E-state index in [4.69, 9.17) is 4.98 Å². The number of para-hydroxylation sites is 1. The lowest BCUT2D eigenvalue weighted by Gasteiger charge is -2.40. The summed E-state index contributed by atoms with van der Waals surface area (Å²) in [4.78, 5) is 11.8. The monoisotopic (exact) mass is 407 g/mol. The van der Waals surface area contributed by atoms with Gasteiger partial charge in [0.05, 0.1) is 29.8 Å². The minimum absolute atomic E-state index is 0.566. The highest BCUT2D eigenvalue weighted by molar-refractivity contribution is 5.98. The van der Waals surface area contributed by atoms with E-state index in [1.807, 2.05) is 43.0 Å². The van der Waals surface area contributed by atoms with E-state index in [0.717, 1.165) is 52.1 Å². The van der Waals surface area contributed by atoms with Crippen molar-refractivity contribution in [3.63, 3.8) is 0 Å². The van der Waals surface area contributed by atoms with Gasteiger partial charge in [-0.3, -0.25) is 4.98 Å². The van der Waals surface area contributed by atoms with Gasteiger partial charge in [0.2, 0.25) is 0 Å². The van der Waals surface area contributed by atoms with Crippen LogP contribution in [0.5, 0.6) is 0 Å². The molecule has 1 aliphatic rings. The topological polar surface area (TPSA) is 50.2 Å². The molecule has 5 aromatic rings. The van der Waals surface area contributed by atoms with Crippen LogP contribution in [0.3, 0.4) is 0 Å². The van der Waals surface area contributed by atoms with Gasteiger partial charge < -0.3 is 4.90 Å². The number of fused-ring (bicyclic) bond motifs is 2. The Morgan fingerprint density at radius 3 is 2.65 bits per heavy atom. The molecule has 4 aromatic heterocycles. The molecule has 0 amide bonds. The van der Waals surface area contributed by atoms with Crippen molar-refractivity contribution >= 4 is 22.2 Å². The first-order valence-electron chi connectivity index (χ1n) is 10.6. The molecule has 31 heavy (non-hydrogen) atoms. The maximum atomic E-state index is 4.80. The van der Waals surface area contributed by atoms with Crippen molar-refractivity contribution in [2.24, 2.45) is 7.05 Å². The summed E-state index contributed by atoms with van der Waals surface area (Å²) in [6.07, 6.45) is 10.2. The minimum atomic E-state index is 0.566. The molecule has 1 saturated heterocycles. The number of pyridine rings is 2. The Hall–Kier alpha value is -3.80. The molecule has 0 spiro atoms. The Morgan fingerprint density at radius 2 is 1.81 bits per heavy atom. The smallest absolute Gasteiger partial charge is 0.168 e. The first-order valence-corrected chi connectivity index (χ1v) is 10.6. The third kappa shape index (κ3) is 3.03. The summed E-state index contributed by atoms with van der Waals surface area (Å²) in [5.41, 5.74) is 7.51. The zero-order valence-corrected chi connectivity index (χ0v) is 17.6. The quantitative estimate of drug-likeness (QED) is 0.428. The molecule has 0 N–H and O–H groups in total. The molecule has 5 heterocycles. The van der Waals surface area contributed by atoms with Gasteiger partial charge in [0.25, 0.3) is 0 Å². The van der Waals surface area contributed by atoms with Crippen molar-refractivity contribution in [2.75, 3.05) is 18.0 Å². The molecule has 6 nitrogen and oxygen atoms in total. The van der Waals surface area contributed by atoms with Gasteiger partial charge in [0, 0.05) is 47.8 Å². The summed E-state index contributed by atoms with van der Waals surface area (Å²) in [5, 5.41) is 5.75. The van der Waals surface area contributed by atoms with E-state index in [0.29, 0.717) is 5.92 Å². The maximum Gasteiger partial charge on any atom is 0.168 e. The number of aryl methyl sites for hydroxylation is 2. The van der Waals surface area contributed by atoms with Crippen molar-refractivity contribution < 1.29 is 4.57 Å². The molecule has 0 radical (unpaired) electrons. The van der Waals surface area contributed by atoms with Gasteiger partial charge in [-0.25, -0.2) is 14.1 Å². The number of nitrogens with zero attached hydrogens (tertiary/aromatic N) is 6. The molecule has 1 aromatic carbocycles. The van der Waals surface area contributed by atoms with Gasteiger partial charge >= 0.3 is 0 Å². The fourth-order valence-corrected chi connectivity index (χ4v) is 4.43. The Labute approximate surface area is 180 Å². The van der Waals surface area contributed by atoms with Gasteiger partial charge in [-0.2, -0.15) is 5.10 Å². The van der Waals surface area contributed by atoms with Crippen LogP contribution in [0.15, 0.2) is 73.4 Å². The van der Waals surface area contributed by atoms with E-state index >= 15 is 0 Å². The third-order valence-corrected chi connectivity index (χ3v) is 6.20. The van der Waals surface area contributed by atoms with E-state index in [2.05, 4.69) is 68.5 Å². The van der Waals surface area contributed by atoms with Crippen molar-refractivity contribution in [3.8, 4) is 11.1 Å². The van der Waals surface area contributed by atoms with Crippen LogP contribution in [0.1, 0.15) is 17.2 Å². The second-order valence-corrected chi connectivity index (χ2v) is 8.37. The third-order valence-electron chi connectivity index (χ3n) is 6.20. The molecule has 6 rings (SSSR count). The lowest BCUT2D eigenvalue weighted by atomic mass is 9.92. The predicted octanol–water partition coefficient (Wildman–Crippen LogP) is 3.68. The molecule has 0 saturated carbocycles. The van der Waals surface area contributed by atoms with Crippen molar-refractivity contribution in [2.45, 2.75) is 12.8 Å². The van der Waals surface area contributed by atoms with Crippen LogP contribution in [-0.4, -0.2) is 32.7 Å². The van der Waals surface area contributed by atoms with Crippen LogP contribution in [-0.2, 0) is 7.05 Å². The SMILES string of the molecule is Cc1cc(-c2cnn3cc(N4CC(c5cc[n+](C)cc5)C4)cnc23)c2ccccc2n1. The largest absolute Gasteiger partial charge is 0.368 e. The van der Waals surface area contributed by atoms with Crippen molar-refractivity contribution in [1.29, 1.82) is 0 Å². The van der Waals surface area contributed by atoms with Crippen molar-refractivity contribution in [1.82, 2.24) is 19.6 Å². The number of anilines is 1. The first kappa shape index (κ1) is 18.0. The molecular weight excluding hydrogens is 384 g/mol. The molecule has 0 aliphatic carbocycles. The summed E-state index contributed by atoms with van der Waals surface area (Å²) < 4.78 is 3.96. The van der Waals surface area contributed by atoms with Gasteiger partial charge in [-0.15, -0.1) is 0 Å². The first-order chi connectivity index (χ1) is 15.2. The standard InChI is InChI=1S/C25H23N6/c1-17-11-22(21-5-3-4-6-24(21)28-17)23-13-27-31-16-20(12-26-25(23)31)30-14-19(15-30)18-7-9-29(2)10-8-18/h3-13,16,19H,14-15H2,1-2H3/q+1. The van der Waals surface area contributed by atoms with E-state index in [9.17, 15) is 0 Å². The summed E-state index contributed by atoms with van der Waals surface area (Å²) in [7, 11) is 2.05.